The van der Waals surface area contributed by atoms with Gasteiger partial charge in [0.2, 0.25) is 0 Å². The maximum Gasteiger partial charge on any atom is 4.00 e. The van der Waals surface area contributed by atoms with Crippen LogP contribution in [-0.4, -0.2) is 4.57 Å². The van der Waals surface area contributed by atoms with Crippen LogP contribution in [0.4, 0.5) is 0 Å². The Morgan fingerprint density at radius 1 is 0.929 bits per heavy atom. The second-order valence-corrected chi connectivity index (χ2v) is 7.53. The standard InChI is InChI=1S/C14H12N.C10H15.2ClH.Zr/c1-11-9-12-5-4-6-14(13(12)10-11)15-7-2-3-8-15;1-7-6-10(4,5)9(3)8(7)2;;;/h2-10H,1H3;1-5H3;2*1H;/q2*-1;;;+4/p-2. The van der Waals surface area contributed by atoms with Gasteiger partial charge in [0.15, 0.2) is 0 Å². The predicted molar refractivity (Wildman–Crippen MR) is 108 cm³/mol. The van der Waals surface area contributed by atoms with Gasteiger partial charge in [-0.25, -0.2) is 5.57 Å². The van der Waals surface area contributed by atoms with E-state index in [1.165, 1.54) is 38.7 Å². The molecule has 28 heavy (non-hydrogen) atoms. The van der Waals surface area contributed by atoms with Crippen molar-refractivity contribution in [3.05, 3.63) is 83.2 Å². The predicted octanol–water partition coefficient (Wildman–Crippen LogP) is 0.775. The van der Waals surface area contributed by atoms with Gasteiger partial charge in [-0.05, 0) is 12.1 Å². The minimum absolute atomic E-state index is 0. The first kappa shape index (κ1) is 27.1. The van der Waals surface area contributed by atoms with Crippen molar-refractivity contribution in [2.45, 2.75) is 41.5 Å². The minimum atomic E-state index is 0. The van der Waals surface area contributed by atoms with E-state index in [1.54, 1.807) is 0 Å². The Bertz CT molecular complexity index is 960. The van der Waals surface area contributed by atoms with Crippen LogP contribution >= 0.6 is 0 Å². The maximum absolute atomic E-state index is 3.44. The summed E-state index contributed by atoms with van der Waals surface area (Å²) in [5.41, 5.74) is 6.97. The summed E-state index contributed by atoms with van der Waals surface area (Å²) >= 11 is 0. The number of hydrogen-bond acceptors (Lipinski definition) is 0. The molecule has 0 saturated heterocycles. The molecule has 1 aliphatic carbocycles. The van der Waals surface area contributed by atoms with Gasteiger partial charge in [-0.2, -0.15) is 17.2 Å². The van der Waals surface area contributed by atoms with Crippen LogP contribution in [0.3, 0.4) is 0 Å². The van der Waals surface area contributed by atoms with Crippen molar-refractivity contribution in [3.8, 4) is 5.69 Å². The van der Waals surface area contributed by atoms with Crippen LogP contribution < -0.4 is 24.8 Å². The molecule has 1 heterocycles. The molecule has 146 valence electrons. The maximum atomic E-state index is 3.44. The van der Waals surface area contributed by atoms with Gasteiger partial charge in [0.25, 0.3) is 0 Å². The van der Waals surface area contributed by atoms with Crippen molar-refractivity contribution >= 4 is 10.8 Å². The first-order valence-electron chi connectivity index (χ1n) is 8.89. The third-order valence-corrected chi connectivity index (χ3v) is 5.32. The SMILES string of the molecule is CC1=[C-]C(C)(C)C(C)=C1C.Cc1cc2c(-n3cccc3)cccc2[cH-]1.[Cl-].[Cl-].[Zr+4]. The second kappa shape index (κ2) is 10.7. The fraction of sp³-hybridized carbons (Fsp3) is 0.292. The van der Waals surface area contributed by atoms with Crippen molar-refractivity contribution in [1.82, 2.24) is 4.57 Å². The summed E-state index contributed by atoms with van der Waals surface area (Å²) in [6.07, 6.45) is 7.60. The van der Waals surface area contributed by atoms with Gasteiger partial charge in [0, 0.05) is 18.1 Å². The van der Waals surface area contributed by atoms with Gasteiger partial charge in [0.1, 0.15) is 0 Å². The van der Waals surface area contributed by atoms with Crippen molar-refractivity contribution in [1.29, 1.82) is 0 Å². The Kier molecular flexibility index (Phi) is 10.4. The zero-order valence-corrected chi connectivity index (χ0v) is 21.4. The molecule has 2 aromatic carbocycles. The Hall–Kier alpha value is -0.947. The number of hydrogen-bond donors (Lipinski definition) is 0. The van der Waals surface area contributed by atoms with E-state index in [4.69, 9.17) is 0 Å². The fourth-order valence-electron chi connectivity index (χ4n) is 3.49. The van der Waals surface area contributed by atoms with Crippen LogP contribution in [0.25, 0.3) is 16.5 Å². The number of aryl methyl sites for hydroxylation is 1. The van der Waals surface area contributed by atoms with Crippen LogP contribution in [0.2, 0.25) is 0 Å². The number of nitrogens with zero attached hydrogens (tertiary/aromatic N) is 1. The smallest absolute Gasteiger partial charge is 1.00 e. The third-order valence-electron chi connectivity index (χ3n) is 5.32. The van der Waals surface area contributed by atoms with Gasteiger partial charge >= 0.3 is 26.2 Å². The molecule has 0 N–H and O–H groups in total. The normalized spacial score (nSPS) is 14.3. The number of benzene rings is 1. The van der Waals surface area contributed by atoms with E-state index in [0.29, 0.717) is 0 Å². The Morgan fingerprint density at radius 3 is 2.00 bits per heavy atom. The van der Waals surface area contributed by atoms with Gasteiger partial charge in [0.05, 0.1) is 0 Å². The summed E-state index contributed by atoms with van der Waals surface area (Å²) in [5.74, 6) is 0. The van der Waals surface area contributed by atoms with Gasteiger partial charge in [-0.1, -0.05) is 46.1 Å². The molecule has 1 aromatic heterocycles. The van der Waals surface area contributed by atoms with Crippen LogP contribution in [0, 0.1) is 18.4 Å². The van der Waals surface area contributed by atoms with Crippen LogP contribution in [0.5, 0.6) is 0 Å². The Morgan fingerprint density at radius 2 is 1.54 bits per heavy atom. The number of allylic oxidation sites excluding steroid dienone is 4. The monoisotopic (exact) mass is 489 g/mol. The molecular weight excluding hydrogens is 464 g/mol. The first-order valence-corrected chi connectivity index (χ1v) is 8.89. The fourth-order valence-corrected chi connectivity index (χ4v) is 3.49. The minimum Gasteiger partial charge on any atom is -1.00 e. The van der Waals surface area contributed by atoms with Crippen molar-refractivity contribution in [2.75, 3.05) is 0 Å². The molecule has 0 saturated carbocycles. The summed E-state index contributed by atoms with van der Waals surface area (Å²) in [6, 6.07) is 15.0. The van der Waals surface area contributed by atoms with Gasteiger partial charge in [-0.3, -0.25) is 6.08 Å². The van der Waals surface area contributed by atoms with E-state index >= 15 is 0 Å². The molecule has 3 aromatic rings. The molecule has 4 rings (SSSR count). The van der Waals surface area contributed by atoms with Crippen molar-refractivity contribution < 1.29 is 51.0 Å². The largest absolute Gasteiger partial charge is 4.00 e. The Balaban J connectivity index is 0.000000503. The topological polar surface area (TPSA) is 4.93 Å². The molecule has 0 aliphatic heterocycles. The zero-order valence-electron chi connectivity index (χ0n) is 17.4. The summed E-state index contributed by atoms with van der Waals surface area (Å²) in [5, 5.41) is 2.64. The van der Waals surface area contributed by atoms with E-state index in [2.05, 4.69) is 107 Å². The number of halogens is 2. The second-order valence-electron chi connectivity index (χ2n) is 7.53. The van der Waals surface area contributed by atoms with Crippen LogP contribution in [0.1, 0.15) is 40.2 Å². The molecule has 1 aliphatic rings. The quantitative estimate of drug-likeness (QED) is 0.444. The van der Waals surface area contributed by atoms with E-state index in [1.807, 2.05) is 0 Å². The molecule has 0 spiro atoms. The van der Waals surface area contributed by atoms with Crippen molar-refractivity contribution in [3.63, 3.8) is 0 Å². The Labute approximate surface area is 201 Å². The molecule has 0 radical (unpaired) electrons. The van der Waals surface area contributed by atoms with Crippen LogP contribution in [0.15, 0.2) is 71.6 Å². The first-order chi connectivity index (χ1) is 11.8. The summed E-state index contributed by atoms with van der Waals surface area (Å²) in [6.45, 7) is 13.1. The number of aromatic nitrogens is 1. The summed E-state index contributed by atoms with van der Waals surface area (Å²) in [4.78, 5) is 0. The summed E-state index contributed by atoms with van der Waals surface area (Å²) in [7, 11) is 0. The average Bonchev–Trinajstić information content (AvgIpc) is 3.24. The van der Waals surface area contributed by atoms with E-state index in [0.717, 1.165) is 0 Å². The molecule has 1 nitrogen and oxygen atoms in total. The van der Waals surface area contributed by atoms with Gasteiger partial charge in [-0.15, -0.1) is 41.5 Å². The third kappa shape index (κ3) is 5.56. The molecule has 0 amide bonds. The molecule has 4 heteroatoms. The molecule has 0 bridgehead atoms. The van der Waals surface area contributed by atoms with Crippen molar-refractivity contribution in [2.24, 2.45) is 5.41 Å². The van der Waals surface area contributed by atoms with Gasteiger partial charge < -0.3 is 29.4 Å². The van der Waals surface area contributed by atoms with E-state index in [9.17, 15) is 0 Å². The molecule has 0 atom stereocenters. The van der Waals surface area contributed by atoms with E-state index < -0.39 is 0 Å². The number of fused-ring (bicyclic) bond motifs is 1. The molecule has 0 fully saturated rings. The summed E-state index contributed by atoms with van der Waals surface area (Å²) < 4.78 is 2.15. The van der Waals surface area contributed by atoms with E-state index in [-0.39, 0.29) is 56.4 Å². The average molecular weight is 492 g/mol. The molecular formula is C24H27Cl2NZr. The van der Waals surface area contributed by atoms with Crippen LogP contribution in [-0.2, 0) is 26.2 Å². The number of rotatable bonds is 1. The zero-order chi connectivity index (χ0) is 18.2. The molecule has 0 unspecified atom stereocenters.